The number of nitrogens with one attached hydrogen (secondary N) is 1. The molecule has 1 heterocycles. The summed E-state index contributed by atoms with van der Waals surface area (Å²) in [5, 5.41) is 7.31. The number of nitrogen functional groups attached to an aromatic ring is 1. The molecule has 0 saturated carbocycles. The lowest BCUT2D eigenvalue weighted by molar-refractivity contribution is 0.630. The number of benzene rings is 2. The maximum Gasteiger partial charge on any atom is 0.183 e. The van der Waals surface area contributed by atoms with Gasteiger partial charge in [0.25, 0.3) is 0 Å². The molecule has 3 rings (SSSR count). The highest BCUT2D eigenvalue weighted by Gasteiger charge is 2.13. The van der Waals surface area contributed by atoms with Gasteiger partial charge in [0, 0.05) is 16.3 Å². The van der Waals surface area contributed by atoms with E-state index in [2.05, 4.69) is 15.2 Å². The Hall–Kier alpha value is -2.40. The Morgan fingerprint density at radius 3 is 2.70 bits per heavy atom. The molecule has 0 unspecified atom stereocenters. The average Bonchev–Trinajstić information content (AvgIpc) is 2.91. The second-order valence-electron chi connectivity index (χ2n) is 4.22. The van der Waals surface area contributed by atoms with Crippen LogP contribution in [0.5, 0.6) is 0 Å². The molecule has 3 aromatic rings. The number of aromatic amines is 1. The molecular formula is C14H10ClFN4. The van der Waals surface area contributed by atoms with Crippen LogP contribution in [-0.2, 0) is 0 Å². The molecule has 1 aromatic heterocycles. The molecule has 0 spiro atoms. The number of nitrogens with zero attached hydrogens (tertiary/aromatic N) is 2. The number of aromatic nitrogens is 3. The Kier molecular flexibility index (Phi) is 3.12. The fraction of sp³-hybridized carbons (Fsp3) is 0. The van der Waals surface area contributed by atoms with Crippen LogP contribution in [0.2, 0.25) is 5.02 Å². The normalized spacial score (nSPS) is 10.7. The molecule has 0 saturated heterocycles. The van der Waals surface area contributed by atoms with Crippen LogP contribution in [0.1, 0.15) is 0 Å². The Bertz CT molecular complexity index is 769. The van der Waals surface area contributed by atoms with Crippen molar-refractivity contribution in [3.8, 4) is 22.8 Å². The van der Waals surface area contributed by atoms with E-state index in [4.69, 9.17) is 17.3 Å². The zero-order chi connectivity index (χ0) is 14.1. The first-order valence-electron chi connectivity index (χ1n) is 5.88. The third-order valence-corrected chi connectivity index (χ3v) is 3.11. The van der Waals surface area contributed by atoms with E-state index >= 15 is 0 Å². The van der Waals surface area contributed by atoms with Gasteiger partial charge in [-0.25, -0.2) is 9.37 Å². The van der Waals surface area contributed by atoms with Gasteiger partial charge >= 0.3 is 0 Å². The summed E-state index contributed by atoms with van der Waals surface area (Å²) in [5.74, 6) is 0.356. The molecule has 0 amide bonds. The van der Waals surface area contributed by atoms with Crippen molar-refractivity contribution in [3.05, 3.63) is 53.3 Å². The molecular weight excluding hydrogens is 279 g/mol. The van der Waals surface area contributed by atoms with Gasteiger partial charge in [0.2, 0.25) is 0 Å². The topological polar surface area (TPSA) is 67.6 Å². The maximum atomic E-state index is 13.7. The molecule has 4 nitrogen and oxygen atoms in total. The smallest absolute Gasteiger partial charge is 0.183 e. The van der Waals surface area contributed by atoms with Crippen molar-refractivity contribution in [2.75, 3.05) is 5.73 Å². The average molecular weight is 289 g/mol. The Labute approximate surface area is 119 Å². The SMILES string of the molecule is Nc1ccc(Cl)cc1-c1n[nH]c(-c2ccccc2F)n1. The first-order valence-corrected chi connectivity index (χ1v) is 6.25. The number of H-pyrrole nitrogens is 1. The van der Waals surface area contributed by atoms with Gasteiger partial charge in [-0.1, -0.05) is 23.7 Å². The highest BCUT2D eigenvalue weighted by atomic mass is 35.5. The Balaban J connectivity index is 2.07. The van der Waals surface area contributed by atoms with E-state index in [0.717, 1.165) is 0 Å². The largest absolute Gasteiger partial charge is 0.398 e. The van der Waals surface area contributed by atoms with Crippen LogP contribution in [0.25, 0.3) is 22.8 Å². The first-order chi connectivity index (χ1) is 9.65. The fourth-order valence-electron chi connectivity index (χ4n) is 1.88. The molecule has 6 heteroatoms. The Morgan fingerprint density at radius 2 is 1.90 bits per heavy atom. The van der Waals surface area contributed by atoms with Crippen molar-refractivity contribution in [2.45, 2.75) is 0 Å². The third kappa shape index (κ3) is 2.23. The predicted molar refractivity (Wildman–Crippen MR) is 76.6 cm³/mol. The van der Waals surface area contributed by atoms with Gasteiger partial charge in [0.1, 0.15) is 5.82 Å². The van der Waals surface area contributed by atoms with Crippen LogP contribution in [-0.4, -0.2) is 15.2 Å². The van der Waals surface area contributed by atoms with Crippen molar-refractivity contribution in [1.29, 1.82) is 0 Å². The quantitative estimate of drug-likeness (QED) is 0.709. The molecule has 0 radical (unpaired) electrons. The van der Waals surface area contributed by atoms with Crippen molar-refractivity contribution >= 4 is 17.3 Å². The van der Waals surface area contributed by atoms with Gasteiger partial charge in [-0.2, -0.15) is 5.10 Å². The molecule has 0 fully saturated rings. The van der Waals surface area contributed by atoms with Gasteiger partial charge in [-0.15, -0.1) is 0 Å². The fourth-order valence-corrected chi connectivity index (χ4v) is 2.05. The van der Waals surface area contributed by atoms with E-state index in [9.17, 15) is 4.39 Å². The molecule has 20 heavy (non-hydrogen) atoms. The van der Waals surface area contributed by atoms with Crippen molar-refractivity contribution in [1.82, 2.24) is 15.2 Å². The van der Waals surface area contributed by atoms with Crippen LogP contribution >= 0.6 is 11.6 Å². The summed E-state index contributed by atoms with van der Waals surface area (Å²) in [6, 6.07) is 11.4. The van der Waals surface area contributed by atoms with Crippen LogP contribution in [0.4, 0.5) is 10.1 Å². The van der Waals surface area contributed by atoms with E-state index in [0.29, 0.717) is 33.5 Å². The van der Waals surface area contributed by atoms with Crippen LogP contribution in [0.3, 0.4) is 0 Å². The van der Waals surface area contributed by atoms with Crippen LogP contribution < -0.4 is 5.73 Å². The summed E-state index contributed by atoms with van der Waals surface area (Å²) in [5.41, 5.74) is 7.34. The predicted octanol–water partition coefficient (Wildman–Crippen LogP) is 3.51. The van der Waals surface area contributed by atoms with E-state index in [1.54, 1.807) is 36.4 Å². The van der Waals surface area contributed by atoms with E-state index in [1.807, 2.05) is 0 Å². The monoisotopic (exact) mass is 288 g/mol. The molecule has 2 aromatic carbocycles. The summed E-state index contributed by atoms with van der Waals surface area (Å²) >= 11 is 5.93. The van der Waals surface area contributed by atoms with Gasteiger partial charge < -0.3 is 5.73 Å². The van der Waals surface area contributed by atoms with Gasteiger partial charge in [-0.05, 0) is 30.3 Å². The number of anilines is 1. The maximum absolute atomic E-state index is 13.7. The van der Waals surface area contributed by atoms with Crippen LogP contribution in [0, 0.1) is 5.82 Å². The minimum Gasteiger partial charge on any atom is -0.398 e. The second-order valence-corrected chi connectivity index (χ2v) is 4.66. The molecule has 0 aliphatic rings. The summed E-state index contributed by atoms with van der Waals surface area (Å²) in [4.78, 5) is 4.27. The van der Waals surface area contributed by atoms with Gasteiger partial charge in [-0.3, -0.25) is 5.10 Å². The van der Waals surface area contributed by atoms with E-state index in [1.165, 1.54) is 6.07 Å². The van der Waals surface area contributed by atoms with E-state index < -0.39 is 0 Å². The minimum atomic E-state index is -0.366. The number of hydrogen-bond donors (Lipinski definition) is 2. The molecule has 0 aliphatic carbocycles. The standard InChI is InChI=1S/C14H10ClFN4/c15-8-5-6-12(17)10(7-8)14-18-13(19-20-14)9-3-1-2-4-11(9)16/h1-7H,17H2,(H,18,19,20). The number of nitrogens with two attached hydrogens (primary N) is 1. The summed E-state index contributed by atoms with van der Waals surface area (Å²) in [6.07, 6.45) is 0. The number of rotatable bonds is 2. The zero-order valence-corrected chi connectivity index (χ0v) is 11.0. The van der Waals surface area contributed by atoms with Crippen LogP contribution in [0.15, 0.2) is 42.5 Å². The zero-order valence-electron chi connectivity index (χ0n) is 10.3. The van der Waals surface area contributed by atoms with Crippen molar-refractivity contribution in [2.24, 2.45) is 0 Å². The molecule has 100 valence electrons. The van der Waals surface area contributed by atoms with Gasteiger partial charge in [0.15, 0.2) is 11.6 Å². The van der Waals surface area contributed by atoms with Crippen molar-refractivity contribution < 1.29 is 4.39 Å². The molecule has 0 bridgehead atoms. The summed E-state index contributed by atoms with van der Waals surface area (Å²) in [6.45, 7) is 0. The summed E-state index contributed by atoms with van der Waals surface area (Å²) in [7, 11) is 0. The minimum absolute atomic E-state index is 0.345. The second kappa shape index (κ2) is 4.94. The summed E-state index contributed by atoms with van der Waals surface area (Å²) < 4.78 is 13.7. The highest BCUT2D eigenvalue weighted by molar-refractivity contribution is 6.31. The lowest BCUT2D eigenvalue weighted by Crippen LogP contribution is -1.91. The lowest BCUT2D eigenvalue weighted by Gasteiger charge is -2.01. The molecule has 0 atom stereocenters. The Morgan fingerprint density at radius 1 is 1.10 bits per heavy atom. The third-order valence-electron chi connectivity index (χ3n) is 2.87. The van der Waals surface area contributed by atoms with Gasteiger partial charge in [0.05, 0.1) is 5.56 Å². The number of halogens is 2. The highest BCUT2D eigenvalue weighted by Crippen LogP contribution is 2.28. The first kappa shape index (κ1) is 12.6. The van der Waals surface area contributed by atoms with E-state index in [-0.39, 0.29) is 5.82 Å². The molecule has 3 N–H and O–H groups in total. The van der Waals surface area contributed by atoms with Crippen molar-refractivity contribution in [3.63, 3.8) is 0 Å². The lowest BCUT2D eigenvalue weighted by atomic mass is 10.1. The molecule has 0 aliphatic heterocycles. The number of hydrogen-bond acceptors (Lipinski definition) is 3.